The first-order chi connectivity index (χ1) is 37.7. The summed E-state index contributed by atoms with van der Waals surface area (Å²) in [6.07, 6.45) is 0. The molecular weight excluding hydrogens is 949 g/mol. The number of hydrogen-bond acceptors (Lipinski definition) is 6. The molecule has 354 valence electrons. The standard InChI is InChI=1S/C69H40N4O2S/c1-3-18-41(19-4-1)67-70-68(51-24-8-7-22-45(51)47-27-17-35-61-63(47)53-26-11-14-34-60(53)76-61)72-69(71-67)54-30-16-33-59-62(54)55-40-42(36-39-58(55)74-59)44-37-38-50(66-64(44)52-25-10-13-32-57(52)75-66)49-29-15-28-48-46-23-9-12-31-56(46)73(65(48)49)43-20-5-2-6-21-43/h1-40H. The van der Waals surface area contributed by atoms with Crippen molar-refractivity contribution in [3.8, 4) is 73.2 Å². The van der Waals surface area contributed by atoms with Crippen molar-refractivity contribution in [3.63, 3.8) is 0 Å². The lowest BCUT2D eigenvalue weighted by Crippen LogP contribution is -2.01. The first-order valence-corrected chi connectivity index (χ1v) is 26.3. The van der Waals surface area contributed by atoms with E-state index in [0.717, 1.165) is 111 Å². The molecule has 11 aromatic carbocycles. The fourth-order valence-electron chi connectivity index (χ4n) is 11.8. The molecule has 76 heavy (non-hydrogen) atoms. The minimum absolute atomic E-state index is 0.561. The van der Waals surface area contributed by atoms with E-state index >= 15 is 0 Å². The van der Waals surface area contributed by atoms with Crippen molar-refractivity contribution in [3.05, 3.63) is 243 Å². The zero-order valence-corrected chi connectivity index (χ0v) is 41.4. The smallest absolute Gasteiger partial charge is 0.164 e. The maximum Gasteiger partial charge on any atom is 0.164 e. The Morgan fingerprint density at radius 2 is 0.921 bits per heavy atom. The number of rotatable bonds is 7. The summed E-state index contributed by atoms with van der Waals surface area (Å²) in [5.74, 6) is 1.75. The lowest BCUT2D eigenvalue weighted by Gasteiger charge is -2.13. The quantitative estimate of drug-likeness (QED) is 0.159. The van der Waals surface area contributed by atoms with Crippen LogP contribution in [0.1, 0.15) is 0 Å². The number of para-hydroxylation sites is 4. The second-order valence-corrected chi connectivity index (χ2v) is 20.4. The minimum atomic E-state index is 0.561. The average molecular weight is 989 g/mol. The van der Waals surface area contributed by atoms with Crippen molar-refractivity contribution >= 4 is 97.2 Å². The van der Waals surface area contributed by atoms with E-state index in [0.29, 0.717) is 17.5 Å². The van der Waals surface area contributed by atoms with Gasteiger partial charge in [-0.1, -0.05) is 182 Å². The summed E-state index contributed by atoms with van der Waals surface area (Å²) >= 11 is 1.82. The predicted molar refractivity (Wildman–Crippen MR) is 314 cm³/mol. The number of furan rings is 2. The summed E-state index contributed by atoms with van der Waals surface area (Å²) in [6, 6.07) is 85.4. The molecule has 0 bridgehead atoms. The number of hydrogen-bond donors (Lipinski definition) is 0. The number of thiophene rings is 1. The highest BCUT2D eigenvalue weighted by molar-refractivity contribution is 7.26. The van der Waals surface area contributed by atoms with Crippen LogP contribution in [0.15, 0.2) is 251 Å². The first kappa shape index (κ1) is 42.5. The molecule has 16 aromatic rings. The highest BCUT2D eigenvalue weighted by Gasteiger charge is 2.25. The second-order valence-electron chi connectivity index (χ2n) is 19.3. The monoisotopic (exact) mass is 988 g/mol. The molecule has 0 saturated heterocycles. The zero-order chi connectivity index (χ0) is 49.8. The molecule has 0 radical (unpaired) electrons. The Labute approximate surface area is 439 Å². The zero-order valence-electron chi connectivity index (χ0n) is 40.6. The third kappa shape index (κ3) is 6.49. The predicted octanol–water partition coefficient (Wildman–Crippen LogP) is 19.1. The molecule has 0 aliphatic carbocycles. The van der Waals surface area contributed by atoms with Crippen LogP contribution < -0.4 is 0 Å². The Morgan fingerprint density at radius 3 is 1.80 bits per heavy atom. The van der Waals surface area contributed by atoms with Gasteiger partial charge in [0.05, 0.1) is 11.0 Å². The molecule has 16 rings (SSSR count). The molecule has 5 aromatic heterocycles. The number of benzene rings is 11. The SMILES string of the molecule is c1ccc(-c2nc(-c3ccccc3-c3cccc4sc5ccccc5c34)nc(-c3cccc4oc5ccc(-c6ccc(-c7cccc8c9ccccc9n(-c9ccccc9)c78)c7oc8ccccc8c67)cc5c34)n2)cc1. The van der Waals surface area contributed by atoms with E-state index < -0.39 is 0 Å². The van der Waals surface area contributed by atoms with Gasteiger partial charge in [0.2, 0.25) is 0 Å². The molecule has 0 aliphatic rings. The maximum atomic E-state index is 7.01. The Balaban J connectivity index is 0.897. The Kier molecular flexibility index (Phi) is 9.40. The molecular formula is C69H40N4O2S. The largest absolute Gasteiger partial charge is 0.456 e. The molecule has 0 N–H and O–H groups in total. The third-order valence-corrected chi connectivity index (χ3v) is 16.2. The lowest BCUT2D eigenvalue weighted by atomic mass is 9.93. The van der Waals surface area contributed by atoms with Crippen LogP contribution in [-0.4, -0.2) is 19.5 Å². The summed E-state index contributed by atoms with van der Waals surface area (Å²) in [7, 11) is 0. The topological polar surface area (TPSA) is 69.9 Å². The molecule has 6 nitrogen and oxygen atoms in total. The highest BCUT2D eigenvalue weighted by Crippen LogP contribution is 2.48. The summed E-state index contributed by atoms with van der Waals surface area (Å²) in [6.45, 7) is 0. The van der Waals surface area contributed by atoms with Crippen molar-refractivity contribution in [2.75, 3.05) is 0 Å². The van der Waals surface area contributed by atoms with Gasteiger partial charge in [-0.05, 0) is 82.9 Å². The molecule has 5 heterocycles. The van der Waals surface area contributed by atoms with Gasteiger partial charge in [-0.2, -0.15) is 0 Å². The number of fused-ring (bicyclic) bond motifs is 12. The third-order valence-electron chi connectivity index (χ3n) is 15.1. The lowest BCUT2D eigenvalue weighted by molar-refractivity contribution is 0.669. The van der Waals surface area contributed by atoms with Gasteiger partial charge in [0, 0.05) is 86.0 Å². The van der Waals surface area contributed by atoms with Gasteiger partial charge in [0.15, 0.2) is 17.5 Å². The van der Waals surface area contributed by atoms with Crippen LogP contribution in [0.4, 0.5) is 0 Å². The van der Waals surface area contributed by atoms with Crippen LogP contribution in [0.25, 0.3) is 159 Å². The van der Waals surface area contributed by atoms with E-state index in [1.807, 2.05) is 47.7 Å². The van der Waals surface area contributed by atoms with Crippen LogP contribution in [0.2, 0.25) is 0 Å². The Hall–Kier alpha value is -9.95. The highest BCUT2D eigenvalue weighted by atomic mass is 32.1. The van der Waals surface area contributed by atoms with Gasteiger partial charge in [-0.25, -0.2) is 15.0 Å². The molecule has 0 amide bonds. The van der Waals surface area contributed by atoms with Crippen molar-refractivity contribution in [1.82, 2.24) is 19.5 Å². The maximum absolute atomic E-state index is 7.01. The number of nitrogens with zero attached hydrogens (tertiary/aromatic N) is 4. The molecule has 0 saturated carbocycles. The van der Waals surface area contributed by atoms with Gasteiger partial charge in [-0.3, -0.25) is 0 Å². The van der Waals surface area contributed by atoms with Crippen LogP contribution in [0, 0.1) is 0 Å². The van der Waals surface area contributed by atoms with E-state index in [4.69, 9.17) is 23.8 Å². The molecule has 0 spiro atoms. The normalized spacial score (nSPS) is 11.9. The first-order valence-electron chi connectivity index (χ1n) is 25.5. The fraction of sp³-hybridized carbons (Fsp3) is 0. The van der Waals surface area contributed by atoms with Gasteiger partial charge in [0.1, 0.15) is 22.3 Å². The summed E-state index contributed by atoms with van der Waals surface area (Å²) < 4.78 is 18.6. The van der Waals surface area contributed by atoms with Crippen molar-refractivity contribution < 1.29 is 8.83 Å². The Bertz CT molecular complexity index is 5010. The molecule has 0 aliphatic heterocycles. The van der Waals surface area contributed by atoms with E-state index in [1.165, 1.54) is 30.9 Å². The summed E-state index contributed by atoms with van der Waals surface area (Å²) in [5.41, 5.74) is 15.7. The van der Waals surface area contributed by atoms with Crippen molar-refractivity contribution in [2.24, 2.45) is 0 Å². The van der Waals surface area contributed by atoms with E-state index in [1.54, 1.807) is 0 Å². The summed E-state index contributed by atoms with van der Waals surface area (Å²) in [5, 5.41) is 8.87. The van der Waals surface area contributed by atoms with Gasteiger partial charge in [-0.15, -0.1) is 11.3 Å². The van der Waals surface area contributed by atoms with E-state index in [-0.39, 0.29) is 0 Å². The van der Waals surface area contributed by atoms with E-state index in [9.17, 15) is 0 Å². The molecule has 0 atom stereocenters. The van der Waals surface area contributed by atoms with Crippen molar-refractivity contribution in [1.29, 1.82) is 0 Å². The number of aromatic nitrogens is 4. The van der Waals surface area contributed by atoms with Gasteiger partial charge >= 0.3 is 0 Å². The summed E-state index contributed by atoms with van der Waals surface area (Å²) in [4.78, 5) is 16.0. The minimum Gasteiger partial charge on any atom is -0.456 e. The van der Waals surface area contributed by atoms with E-state index in [2.05, 4.69) is 211 Å². The average Bonchev–Trinajstić information content (AvgIpc) is 4.34. The van der Waals surface area contributed by atoms with Crippen LogP contribution in [-0.2, 0) is 0 Å². The fourth-order valence-corrected chi connectivity index (χ4v) is 12.9. The van der Waals surface area contributed by atoms with Gasteiger partial charge in [0.25, 0.3) is 0 Å². The molecule has 0 fully saturated rings. The van der Waals surface area contributed by atoms with Crippen LogP contribution in [0.5, 0.6) is 0 Å². The Morgan fingerprint density at radius 1 is 0.316 bits per heavy atom. The molecule has 0 unspecified atom stereocenters. The van der Waals surface area contributed by atoms with Crippen LogP contribution >= 0.6 is 11.3 Å². The van der Waals surface area contributed by atoms with Crippen molar-refractivity contribution in [2.45, 2.75) is 0 Å². The van der Waals surface area contributed by atoms with Gasteiger partial charge < -0.3 is 13.4 Å². The molecule has 7 heteroatoms. The second kappa shape index (κ2) is 16.8. The van der Waals surface area contributed by atoms with Crippen LogP contribution in [0.3, 0.4) is 0 Å².